The fourth-order valence-electron chi connectivity index (χ4n) is 2.50. The maximum atomic E-state index is 5.62. The summed E-state index contributed by atoms with van der Waals surface area (Å²) in [5, 5.41) is 3.59. The summed E-state index contributed by atoms with van der Waals surface area (Å²) in [6.45, 7) is 9.18. The first-order chi connectivity index (χ1) is 9.78. The standard InChI is InChI=1S/C15H26N4O/c1-4-9-20-14-7-8-16-15(18-14)19-11-12(5-2)17-10-13(19)6-3/h7-8,12-13,17H,4-6,9-11H2,1-3H3. The van der Waals surface area contributed by atoms with Gasteiger partial charge in [0.15, 0.2) is 0 Å². The zero-order valence-corrected chi connectivity index (χ0v) is 12.8. The molecule has 0 amide bonds. The average Bonchev–Trinajstić information content (AvgIpc) is 2.52. The van der Waals surface area contributed by atoms with E-state index in [-0.39, 0.29) is 0 Å². The predicted molar refractivity (Wildman–Crippen MR) is 81.3 cm³/mol. The van der Waals surface area contributed by atoms with Gasteiger partial charge in [-0.2, -0.15) is 4.98 Å². The lowest BCUT2D eigenvalue weighted by atomic mass is 10.1. The van der Waals surface area contributed by atoms with Crippen molar-refractivity contribution in [3.05, 3.63) is 12.3 Å². The first-order valence-electron chi connectivity index (χ1n) is 7.74. The Bertz CT molecular complexity index is 413. The zero-order valence-electron chi connectivity index (χ0n) is 12.8. The minimum atomic E-state index is 0.458. The Kier molecular flexibility index (Phi) is 5.59. The summed E-state index contributed by atoms with van der Waals surface area (Å²) >= 11 is 0. The molecule has 0 aromatic carbocycles. The van der Waals surface area contributed by atoms with Gasteiger partial charge in [-0.05, 0) is 19.3 Å². The van der Waals surface area contributed by atoms with Gasteiger partial charge in [0.1, 0.15) is 0 Å². The van der Waals surface area contributed by atoms with Crippen LogP contribution in [0.2, 0.25) is 0 Å². The molecule has 1 fully saturated rings. The Balaban J connectivity index is 2.14. The van der Waals surface area contributed by atoms with Crippen LogP contribution in [0.4, 0.5) is 5.95 Å². The molecule has 2 rings (SSSR count). The van der Waals surface area contributed by atoms with E-state index in [0.717, 1.165) is 38.3 Å². The third kappa shape index (κ3) is 3.60. The Morgan fingerprint density at radius 1 is 1.35 bits per heavy atom. The van der Waals surface area contributed by atoms with Gasteiger partial charge in [-0.1, -0.05) is 20.8 Å². The summed E-state index contributed by atoms with van der Waals surface area (Å²) in [5.74, 6) is 1.48. The van der Waals surface area contributed by atoms with E-state index in [0.29, 0.717) is 24.6 Å². The van der Waals surface area contributed by atoms with Crippen molar-refractivity contribution in [1.82, 2.24) is 15.3 Å². The molecule has 1 saturated heterocycles. The molecule has 112 valence electrons. The summed E-state index contributed by atoms with van der Waals surface area (Å²) in [4.78, 5) is 11.3. The number of hydrogen-bond donors (Lipinski definition) is 1. The number of aromatic nitrogens is 2. The fraction of sp³-hybridized carbons (Fsp3) is 0.733. The molecule has 2 atom stereocenters. The van der Waals surface area contributed by atoms with Crippen LogP contribution in [0, 0.1) is 0 Å². The highest BCUT2D eigenvalue weighted by molar-refractivity contribution is 5.35. The highest BCUT2D eigenvalue weighted by Crippen LogP contribution is 2.20. The third-order valence-corrected chi connectivity index (χ3v) is 3.79. The number of nitrogens with one attached hydrogen (secondary N) is 1. The van der Waals surface area contributed by atoms with Crippen molar-refractivity contribution < 1.29 is 4.74 Å². The number of ether oxygens (including phenoxy) is 1. The van der Waals surface area contributed by atoms with Gasteiger partial charge in [0, 0.05) is 37.4 Å². The predicted octanol–water partition coefficient (Wildman–Crippen LogP) is 2.23. The molecule has 1 N–H and O–H groups in total. The molecule has 20 heavy (non-hydrogen) atoms. The third-order valence-electron chi connectivity index (χ3n) is 3.79. The number of hydrogen-bond acceptors (Lipinski definition) is 5. The van der Waals surface area contributed by atoms with Crippen LogP contribution in [0.25, 0.3) is 0 Å². The van der Waals surface area contributed by atoms with E-state index in [1.165, 1.54) is 0 Å². The molecule has 1 aliphatic heterocycles. The van der Waals surface area contributed by atoms with Gasteiger partial charge in [0.05, 0.1) is 6.61 Å². The molecule has 0 radical (unpaired) electrons. The van der Waals surface area contributed by atoms with E-state index in [4.69, 9.17) is 4.74 Å². The van der Waals surface area contributed by atoms with E-state index >= 15 is 0 Å². The SMILES string of the molecule is CCCOc1ccnc(N2CC(CC)NCC2CC)n1. The summed E-state index contributed by atoms with van der Waals surface area (Å²) < 4.78 is 5.62. The molecule has 1 aromatic heterocycles. The molecule has 0 spiro atoms. The van der Waals surface area contributed by atoms with E-state index < -0.39 is 0 Å². The van der Waals surface area contributed by atoms with Crippen LogP contribution < -0.4 is 15.0 Å². The highest BCUT2D eigenvalue weighted by atomic mass is 16.5. The molecular weight excluding hydrogens is 252 g/mol. The van der Waals surface area contributed by atoms with E-state index in [1.807, 2.05) is 6.07 Å². The number of rotatable bonds is 6. The van der Waals surface area contributed by atoms with Crippen LogP contribution in [0.5, 0.6) is 5.88 Å². The van der Waals surface area contributed by atoms with Crippen LogP contribution in [0.1, 0.15) is 40.0 Å². The van der Waals surface area contributed by atoms with Crippen molar-refractivity contribution in [2.75, 3.05) is 24.6 Å². The van der Waals surface area contributed by atoms with Gasteiger partial charge in [-0.15, -0.1) is 0 Å². The Morgan fingerprint density at radius 3 is 2.90 bits per heavy atom. The molecule has 5 heteroatoms. The summed E-state index contributed by atoms with van der Waals surface area (Å²) in [6.07, 6.45) is 5.00. The minimum Gasteiger partial charge on any atom is -0.478 e. The maximum absolute atomic E-state index is 5.62. The lowest BCUT2D eigenvalue weighted by molar-refractivity contribution is 0.303. The fourth-order valence-corrected chi connectivity index (χ4v) is 2.50. The zero-order chi connectivity index (χ0) is 14.4. The quantitative estimate of drug-likeness (QED) is 0.865. The monoisotopic (exact) mass is 278 g/mol. The lowest BCUT2D eigenvalue weighted by Crippen LogP contribution is -2.56. The Morgan fingerprint density at radius 2 is 2.20 bits per heavy atom. The van der Waals surface area contributed by atoms with E-state index in [9.17, 15) is 0 Å². The van der Waals surface area contributed by atoms with Gasteiger partial charge >= 0.3 is 0 Å². The second kappa shape index (κ2) is 7.43. The number of nitrogens with zero attached hydrogens (tertiary/aromatic N) is 3. The van der Waals surface area contributed by atoms with Gasteiger partial charge in [-0.3, -0.25) is 0 Å². The van der Waals surface area contributed by atoms with Crippen LogP contribution in [-0.4, -0.2) is 41.7 Å². The van der Waals surface area contributed by atoms with Crippen molar-refractivity contribution in [3.8, 4) is 5.88 Å². The second-order valence-corrected chi connectivity index (χ2v) is 5.27. The van der Waals surface area contributed by atoms with E-state index in [2.05, 4.69) is 41.0 Å². The smallest absolute Gasteiger partial charge is 0.228 e. The molecule has 1 aromatic rings. The number of anilines is 1. The average molecular weight is 278 g/mol. The topological polar surface area (TPSA) is 50.3 Å². The first kappa shape index (κ1) is 15.0. The van der Waals surface area contributed by atoms with Crippen molar-refractivity contribution in [2.24, 2.45) is 0 Å². The molecule has 1 aliphatic rings. The van der Waals surface area contributed by atoms with Crippen molar-refractivity contribution in [1.29, 1.82) is 0 Å². The molecule has 5 nitrogen and oxygen atoms in total. The minimum absolute atomic E-state index is 0.458. The van der Waals surface area contributed by atoms with Crippen molar-refractivity contribution in [2.45, 2.75) is 52.1 Å². The lowest BCUT2D eigenvalue weighted by Gasteiger charge is -2.40. The highest BCUT2D eigenvalue weighted by Gasteiger charge is 2.27. The largest absolute Gasteiger partial charge is 0.478 e. The van der Waals surface area contributed by atoms with Crippen LogP contribution in [0.3, 0.4) is 0 Å². The second-order valence-electron chi connectivity index (χ2n) is 5.27. The molecular formula is C15H26N4O. The first-order valence-corrected chi connectivity index (χ1v) is 7.74. The summed E-state index contributed by atoms with van der Waals surface area (Å²) in [7, 11) is 0. The molecule has 0 aliphatic carbocycles. The van der Waals surface area contributed by atoms with Gasteiger partial charge < -0.3 is 15.0 Å². The summed E-state index contributed by atoms with van der Waals surface area (Å²) in [6, 6.07) is 2.81. The van der Waals surface area contributed by atoms with Crippen LogP contribution in [0.15, 0.2) is 12.3 Å². The van der Waals surface area contributed by atoms with Crippen LogP contribution in [-0.2, 0) is 0 Å². The van der Waals surface area contributed by atoms with Crippen LogP contribution >= 0.6 is 0 Å². The Labute approximate surface area is 121 Å². The Hall–Kier alpha value is -1.36. The maximum Gasteiger partial charge on any atom is 0.228 e. The van der Waals surface area contributed by atoms with Crippen molar-refractivity contribution >= 4 is 5.95 Å². The van der Waals surface area contributed by atoms with E-state index in [1.54, 1.807) is 6.20 Å². The molecule has 0 saturated carbocycles. The summed E-state index contributed by atoms with van der Waals surface area (Å²) in [5.41, 5.74) is 0. The van der Waals surface area contributed by atoms with Crippen molar-refractivity contribution in [3.63, 3.8) is 0 Å². The van der Waals surface area contributed by atoms with Gasteiger partial charge in [0.2, 0.25) is 11.8 Å². The molecule has 0 bridgehead atoms. The van der Waals surface area contributed by atoms with Gasteiger partial charge in [-0.25, -0.2) is 4.98 Å². The number of piperazine rings is 1. The normalized spacial score (nSPS) is 22.9. The van der Waals surface area contributed by atoms with Gasteiger partial charge in [0.25, 0.3) is 0 Å². The molecule has 2 unspecified atom stereocenters. The molecule has 2 heterocycles.